The normalized spacial score (nSPS) is 15.3. The molecule has 0 aromatic carbocycles. The number of nitrogens with zero attached hydrogens (tertiary/aromatic N) is 1. The van der Waals surface area contributed by atoms with Gasteiger partial charge in [-0.1, -0.05) is 16.9 Å². The first-order valence-corrected chi connectivity index (χ1v) is 6.36. The van der Waals surface area contributed by atoms with E-state index in [4.69, 9.17) is 0 Å². The molecule has 1 aliphatic rings. The van der Waals surface area contributed by atoms with Crippen LogP contribution in [0.4, 0.5) is 13.2 Å². The molecule has 0 unspecified atom stereocenters. The van der Waals surface area contributed by atoms with Gasteiger partial charge in [-0.05, 0) is 12.8 Å². The van der Waals surface area contributed by atoms with Gasteiger partial charge >= 0.3 is 15.6 Å². The lowest BCUT2D eigenvalue weighted by Crippen LogP contribution is -2.32. The fraction of sp³-hybridized carbons (Fsp3) is 0.333. The zero-order valence-corrected chi connectivity index (χ0v) is 9.99. The van der Waals surface area contributed by atoms with Crippen LogP contribution in [0.25, 0.3) is 0 Å². The van der Waals surface area contributed by atoms with Crippen molar-refractivity contribution in [2.45, 2.75) is 18.3 Å². The Balaban J connectivity index is 2.46. The highest BCUT2D eigenvalue weighted by Crippen LogP contribution is 2.37. The Bertz CT molecular complexity index is 612. The first-order chi connectivity index (χ1) is 8.65. The molecule has 0 amide bonds. The van der Waals surface area contributed by atoms with Gasteiger partial charge in [0.2, 0.25) is 11.8 Å². The van der Waals surface area contributed by atoms with E-state index in [0.717, 1.165) is 0 Å². The Labute approximate surface area is 105 Å². The van der Waals surface area contributed by atoms with E-state index in [-0.39, 0.29) is 28.7 Å². The highest BCUT2D eigenvalue weighted by Gasteiger charge is 2.50. The second kappa shape index (κ2) is 4.08. The van der Waals surface area contributed by atoms with E-state index in [1.165, 1.54) is 0 Å². The molecule has 0 atom stereocenters. The number of allylic oxidation sites excluding steroid dienone is 2. The summed E-state index contributed by atoms with van der Waals surface area (Å²) in [5.41, 5.74) is -5.41. The van der Waals surface area contributed by atoms with Crippen LogP contribution in [0.15, 0.2) is 12.2 Å². The van der Waals surface area contributed by atoms with E-state index in [0.29, 0.717) is 0 Å². The van der Waals surface area contributed by atoms with E-state index in [1.807, 2.05) is 0 Å². The predicted octanol–water partition coefficient (Wildman–Crippen LogP) is 0.832. The van der Waals surface area contributed by atoms with E-state index < -0.39 is 27.4 Å². The minimum atomic E-state index is -5.97. The quantitative estimate of drug-likeness (QED) is 0.624. The number of aromatic hydroxyl groups is 2. The third-order valence-electron chi connectivity index (χ3n) is 2.56. The Kier molecular flexibility index (Phi) is 2.92. The zero-order valence-electron chi connectivity index (χ0n) is 9.18. The van der Waals surface area contributed by atoms with Gasteiger partial charge in [-0.2, -0.15) is 21.6 Å². The first kappa shape index (κ1) is 13.6. The number of hydrogen-bond donors (Lipinski definition) is 2. The topological polar surface area (TPSA) is 88.8 Å². The van der Waals surface area contributed by atoms with Crippen molar-refractivity contribution >= 4 is 10.1 Å². The number of fused-ring (bicyclic) bond motifs is 1. The van der Waals surface area contributed by atoms with Crippen LogP contribution in [0, 0.1) is 0 Å². The molecule has 0 saturated heterocycles. The molecule has 6 nitrogen and oxygen atoms in total. The molecule has 10 heteroatoms. The molecule has 0 fully saturated rings. The fourth-order valence-corrected chi connectivity index (χ4v) is 2.08. The van der Waals surface area contributed by atoms with Crippen LogP contribution in [0.3, 0.4) is 0 Å². The molecular formula is C9H8F3NO5S. The van der Waals surface area contributed by atoms with Crippen molar-refractivity contribution in [2.75, 3.05) is 0 Å². The van der Waals surface area contributed by atoms with Crippen molar-refractivity contribution in [3.63, 3.8) is 0 Å². The van der Waals surface area contributed by atoms with Crippen molar-refractivity contribution in [1.29, 1.82) is 0 Å². The maximum Gasteiger partial charge on any atom is 0.536 e. The smallest absolute Gasteiger partial charge is 0.492 e. The number of rotatable bonds is 2. The first-order valence-electron chi connectivity index (χ1n) is 4.96. The van der Waals surface area contributed by atoms with Gasteiger partial charge in [-0.15, -0.1) is 0 Å². The molecular weight excluding hydrogens is 291 g/mol. The van der Waals surface area contributed by atoms with E-state index >= 15 is 0 Å². The standard InChI is InChI=1S/C9H8F3NO5S/c10-9(11,12)19(16,17)18-13-7(14)5-3-1-2-4-6(5)8(13)15/h1-2,14-15H,3-4H2. The molecule has 0 saturated carbocycles. The van der Waals surface area contributed by atoms with E-state index in [9.17, 15) is 31.8 Å². The lowest BCUT2D eigenvalue weighted by Gasteiger charge is -2.10. The van der Waals surface area contributed by atoms with Crippen LogP contribution in [0.1, 0.15) is 11.1 Å². The molecule has 1 aromatic rings. The lowest BCUT2D eigenvalue weighted by molar-refractivity contribution is -0.0554. The van der Waals surface area contributed by atoms with Crippen molar-refractivity contribution < 1.29 is 36.1 Å². The van der Waals surface area contributed by atoms with Gasteiger partial charge in [0.25, 0.3) is 0 Å². The van der Waals surface area contributed by atoms with E-state index in [2.05, 4.69) is 4.28 Å². The summed E-state index contributed by atoms with van der Waals surface area (Å²) >= 11 is 0. The van der Waals surface area contributed by atoms with Crippen molar-refractivity contribution in [1.82, 2.24) is 4.73 Å². The van der Waals surface area contributed by atoms with Crippen molar-refractivity contribution in [3.8, 4) is 11.8 Å². The van der Waals surface area contributed by atoms with Crippen LogP contribution in [-0.2, 0) is 23.0 Å². The molecule has 0 bridgehead atoms. The summed E-state index contributed by atoms with van der Waals surface area (Å²) in [6, 6.07) is 0. The van der Waals surface area contributed by atoms with Crippen LogP contribution < -0.4 is 4.28 Å². The van der Waals surface area contributed by atoms with Crippen LogP contribution in [0.2, 0.25) is 0 Å². The molecule has 2 rings (SSSR count). The molecule has 1 aromatic heterocycles. The third-order valence-corrected chi connectivity index (χ3v) is 3.47. The Hall–Kier alpha value is -1.84. The number of hydrogen-bond acceptors (Lipinski definition) is 5. The van der Waals surface area contributed by atoms with Gasteiger partial charge in [-0.25, -0.2) is 0 Å². The lowest BCUT2D eigenvalue weighted by atomic mass is 10.0. The Morgan fingerprint density at radius 1 is 1.11 bits per heavy atom. The molecule has 106 valence electrons. The highest BCUT2D eigenvalue weighted by atomic mass is 32.2. The molecule has 2 N–H and O–H groups in total. The van der Waals surface area contributed by atoms with Gasteiger partial charge < -0.3 is 10.2 Å². The van der Waals surface area contributed by atoms with Gasteiger partial charge in [0.1, 0.15) is 0 Å². The maximum atomic E-state index is 12.2. The second-order valence-electron chi connectivity index (χ2n) is 3.75. The largest absolute Gasteiger partial charge is 0.536 e. The van der Waals surface area contributed by atoms with Gasteiger partial charge in [-0.3, -0.25) is 4.28 Å². The van der Waals surface area contributed by atoms with Gasteiger partial charge in [0, 0.05) is 11.1 Å². The SMILES string of the molecule is O=S(=O)(On1c(O)c2c(c1O)CC=CC2)C(F)(F)F. The zero-order chi connectivity index (χ0) is 14.4. The number of alkyl halides is 3. The van der Waals surface area contributed by atoms with Crippen LogP contribution in [-0.4, -0.2) is 28.9 Å². The molecule has 19 heavy (non-hydrogen) atoms. The van der Waals surface area contributed by atoms with Crippen LogP contribution >= 0.6 is 0 Å². The molecule has 1 heterocycles. The molecule has 0 spiro atoms. The number of aromatic nitrogens is 1. The summed E-state index contributed by atoms with van der Waals surface area (Å²) in [7, 11) is -5.97. The van der Waals surface area contributed by atoms with Crippen molar-refractivity contribution in [3.05, 3.63) is 23.3 Å². The average molecular weight is 299 g/mol. The molecule has 0 radical (unpaired) electrons. The monoisotopic (exact) mass is 299 g/mol. The summed E-state index contributed by atoms with van der Waals surface area (Å²) in [5, 5.41) is 19.2. The van der Waals surface area contributed by atoms with E-state index in [1.54, 1.807) is 12.2 Å². The summed E-state index contributed by atoms with van der Waals surface area (Å²) in [5.74, 6) is -1.74. The predicted molar refractivity (Wildman–Crippen MR) is 55.9 cm³/mol. The van der Waals surface area contributed by atoms with Crippen LogP contribution in [0.5, 0.6) is 11.8 Å². The summed E-state index contributed by atoms with van der Waals surface area (Å²) in [6.07, 6.45) is 3.53. The Morgan fingerprint density at radius 2 is 1.53 bits per heavy atom. The summed E-state index contributed by atoms with van der Waals surface area (Å²) in [4.78, 5) is 0. The Morgan fingerprint density at radius 3 is 1.89 bits per heavy atom. The van der Waals surface area contributed by atoms with Gasteiger partial charge in [0.05, 0.1) is 0 Å². The van der Waals surface area contributed by atoms with Gasteiger partial charge in [0.15, 0.2) is 0 Å². The molecule has 0 aliphatic heterocycles. The minimum absolute atomic E-state index is 0.123. The fourth-order valence-electron chi connectivity index (χ4n) is 1.66. The highest BCUT2D eigenvalue weighted by molar-refractivity contribution is 7.87. The second-order valence-corrected chi connectivity index (χ2v) is 5.27. The summed E-state index contributed by atoms with van der Waals surface area (Å²) in [6.45, 7) is 0. The minimum Gasteiger partial charge on any atom is -0.492 e. The maximum absolute atomic E-state index is 12.2. The van der Waals surface area contributed by atoms with Crippen molar-refractivity contribution in [2.24, 2.45) is 0 Å². The molecule has 1 aliphatic carbocycles. The average Bonchev–Trinajstić information content (AvgIpc) is 2.54. The summed E-state index contributed by atoms with van der Waals surface area (Å²) < 4.78 is 61.7. The third kappa shape index (κ3) is 2.11. The number of halogens is 3.